The van der Waals surface area contributed by atoms with Crippen LogP contribution in [-0.2, 0) is 32.2 Å². The molecule has 0 bridgehead atoms. The van der Waals surface area contributed by atoms with Crippen molar-refractivity contribution in [1.82, 2.24) is 25.4 Å². The van der Waals surface area contributed by atoms with E-state index in [0.29, 0.717) is 24.0 Å². The Morgan fingerprint density at radius 3 is 2.22 bits per heavy atom. The fourth-order valence-corrected chi connectivity index (χ4v) is 6.20. The number of fused-ring (bicyclic) bond motifs is 1. The Bertz CT molecular complexity index is 1830. The summed E-state index contributed by atoms with van der Waals surface area (Å²) < 4.78 is 85.7. The lowest BCUT2D eigenvalue weighted by atomic mass is 9.88. The Morgan fingerprint density at radius 2 is 1.62 bits per heavy atom. The number of ether oxygens (including phenoxy) is 3. The van der Waals surface area contributed by atoms with E-state index in [9.17, 15) is 32.3 Å². The average Bonchev–Trinajstić information content (AvgIpc) is 3.48. The molecule has 3 aromatic rings. The molecule has 0 radical (unpaired) electrons. The van der Waals surface area contributed by atoms with Gasteiger partial charge in [0.05, 0.1) is 29.6 Å². The molecule has 1 aliphatic rings. The zero-order valence-electron chi connectivity index (χ0n) is 31.0. The van der Waals surface area contributed by atoms with Gasteiger partial charge in [0.25, 0.3) is 5.91 Å². The Balaban J connectivity index is 0.00000812. The number of carbonyl (C=O) groups is 4. The van der Waals surface area contributed by atoms with Crippen molar-refractivity contribution in [2.24, 2.45) is 5.92 Å². The summed E-state index contributed by atoms with van der Waals surface area (Å²) in [7, 11) is 1.41. The summed E-state index contributed by atoms with van der Waals surface area (Å²) in [5.41, 5.74) is -0.206. The van der Waals surface area contributed by atoms with Gasteiger partial charge in [-0.15, -0.1) is 13.2 Å². The van der Waals surface area contributed by atoms with Crippen molar-refractivity contribution < 1.29 is 55.3 Å². The molecule has 1 aliphatic heterocycles. The first kappa shape index (κ1) is 44.5. The van der Waals surface area contributed by atoms with E-state index in [1.165, 1.54) is 34.9 Å². The van der Waals surface area contributed by atoms with E-state index in [1.54, 1.807) is 40.7 Å². The number of carbonyl (C=O) groups excluding carboxylic acids is 4. The number of hydrogen-bond acceptors (Lipinski definition) is 7. The van der Waals surface area contributed by atoms with Gasteiger partial charge >= 0.3 is 12.5 Å². The quantitative estimate of drug-likeness (QED) is 0.171. The van der Waals surface area contributed by atoms with E-state index in [0.717, 1.165) is 12.1 Å². The molecule has 0 aliphatic carbocycles. The highest BCUT2D eigenvalue weighted by Gasteiger charge is 2.35. The second kappa shape index (κ2) is 18.6. The van der Waals surface area contributed by atoms with E-state index >= 15 is 8.78 Å². The first-order valence-electron chi connectivity index (χ1n) is 17.5. The summed E-state index contributed by atoms with van der Waals surface area (Å²) in [6, 6.07) is 5.13. The molecule has 1 saturated heterocycles. The normalized spacial score (nSPS) is 14.3. The first-order valence-corrected chi connectivity index (χ1v) is 17.5. The molecule has 304 valence electrons. The van der Waals surface area contributed by atoms with E-state index < -0.39 is 59.2 Å². The van der Waals surface area contributed by atoms with Crippen LogP contribution in [0.2, 0.25) is 0 Å². The molecule has 4 rings (SSSR count). The molecule has 1 atom stereocenters. The number of rotatable bonds is 13. The van der Waals surface area contributed by atoms with Gasteiger partial charge in [0, 0.05) is 39.5 Å². The minimum Gasteiger partial charge on any atom is -0.444 e. The molecule has 55 heavy (non-hydrogen) atoms. The molecule has 0 unspecified atom stereocenters. The van der Waals surface area contributed by atoms with Crippen LogP contribution in [0.15, 0.2) is 36.5 Å². The van der Waals surface area contributed by atoms with Gasteiger partial charge in [-0.3, -0.25) is 14.4 Å². The third-order valence-electron chi connectivity index (χ3n) is 8.74. The van der Waals surface area contributed by atoms with Crippen molar-refractivity contribution in [2.45, 2.75) is 91.9 Å². The Morgan fingerprint density at radius 1 is 0.964 bits per heavy atom. The summed E-state index contributed by atoms with van der Waals surface area (Å²) >= 11 is 0. The number of hydrogen-bond donors (Lipinski definition) is 3. The van der Waals surface area contributed by atoms with Crippen molar-refractivity contribution in [3.05, 3.63) is 64.9 Å². The maximum Gasteiger partial charge on any atom is 0.573 e. The topological polar surface area (TPSA) is 140 Å². The summed E-state index contributed by atoms with van der Waals surface area (Å²) in [5.74, 6) is -4.37. The lowest BCUT2D eigenvalue weighted by molar-refractivity contribution is -0.274. The molecule has 0 spiro atoms. The highest BCUT2D eigenvalue weighted by molar-refractivity contribution is 6.09. The second-order valence-electron chi connectivity index (χ2n) is 14.3. The SMILES string of the molecule is C.COCCn1cc(C(=O)N2CCC(c3cc(CNC(=O)CNC(=O)[C@@H](NC(=O)OC(C)(C)C)C(C)C)ccc3F)CC2)c2c(OC(F)(F)F)ccc(F)c21. The molecule has 12 nitrogen and oxygen atoms in total. The summed E-state index contributed by atoms with van der Waals surface area (Å²) in [6.07, 6.45) is -3.92. The number of nitrogens with zero attached hydrogens (tertiary/aromatic N) is 2. The molecule has 17 heteroatoms. The lowest BCUT2D eigenvalue weighted by Gasteiger charge is -2.32. The van der Waals surface area contributed by atoms with Gasteiger partial charge in [0.15, 0.2) is 0 Å². The highest BCUT2D eigenvalue weighted by Crippen LogP contribution is 2.38. The van der Waals surface area contributed by atoms with E-state index in [-0.39, 0.29) is 75.1 Å². The largest absolute Gasteiger partial charge is 0.573 e. The van der Waals surface area contributed by atoms with Gasteiger partial charge in [0.2, 0.25) is 11.8 Å². The third kappa shape index (κ3) is 12.0. The number of nitrogens with one attached hydrogen (secondary N) is 3. The predicted octanol–water partition coefficient (Wildman–Crippen LogP) is 6.40. The van der Waals surface area contributed by atoms with Gasteiger partial charge in [-0.05, 0) is 74.8 Å². The van der Waals surface area contributed by atoms with Crippen LogP contribution >= 0.6 is 0 Å². The van der Waals surface area contributed by atoms with E-state index in [4.69, 9.17) is 9.47 Å². The van der Waals surface area contributed by atoms with Crippen LogP contribution in [-0.4, -0.2) is 84.6 Å². The number of aromatic nitrogens is 1. The van der Waals surface area contributed by atoms with Gasteiger partial charge in [-0.2, -0.15) is 0 Å². The fourth-order valence-electron chi connectivity index (χ4n) is 6.20. The number of alkyl carbamates (subject to hydrolysis) is 1. The maximum absolute atomic E-state index is 15.1. The van der Waals surface area contributed by atoms with Crippen molar-refractivity contribution in [2.75, 3.05) is 33.4 Å². The summed E-state index contributed by atoms with van der Waals surface area (Å²) in [6.45, 7) is 8.62. The molecule has 4 amide bonds. The molecule has 1 aromatic heterocycles. The zero-order valence-corrected chi connectivity index (χ0v) is 31.0. The third-order valence-corrected chi connectivity index (χ3v) is 8.74. The van der Waals surface area contributed by atoms with Crippen LogP contribution in [0.25, 0.3) is 10.9 Å². The van der Waals surface area contributed by atoms with Crippen molar-refractivity contribution in [1.29, 1.82) is 0 Å². The number of amides is 4. The lowest BCUT2D eigenvalue weighted by Crippen LogP contribution is -2.52. The van der Waals surface area contributed by atoms with Crippen LogP contribution in [0.4, 0.5) is 26.7 Å². The number of benzene rings is 2. The van der Waals surface area contributed by atoms with Crippen LogP contribution in [0.5, 0.6) is 5.75 Å². The monoisotopic (exact) mass is 783 g/mol. The molecule has 0 saturated carbocycles. The van der Waals surface area contributed by atoms with Gasteiger partial charge < -0.3 is 39.6 Å². The van der Waals surface area contributed by atoms with Gasteiger partial charge in [0.1, 0.15) is 29.0 Å². The van der Waals surface area contributed by atoms with Crippen LogP contribution < -0.4 is 20.7 Å². The van der Waals surface area contributed by atoms with Crippen molar-refractivity contribution >= 4 is 34.7 Å². The van der Waals surface area contributed by atoms with Crippen LogP contribution in [0, 0.1) is 17.6 Å². The van der Waals surface area contributed by atoms with E-state index in [2.05, 4.69) is 20.7 Å². The predicted molar refractivity (Wildman–Crippen MR) is 194 cm³/mol. The van der Waals surface area contributed by atoms with Crippen LogP contribution in [0.3, 0.4) is 0 Å². The first-order chi connectivity index (χ1) is 25.3. The number of likely N-dealkylation sites (tertiary alicyclic amines) is 1. The minimum absolute atomic E-state index is 0. The molecule has 1 fully saturated rings. The zero-order chi connectivity index (χ0) is 40.0. The van der Waals surface area contributed by atoms with Gasteiger partial charge in [-0.25, -0.2) is 13.6 Å². The molecule has 2 heterocycles. The summed E-state index contributed by atoms with van der Waals surface area (Å²) in [5, 5.41) is 7.39. The average molecular weight is 784 g/mol. The van der Waals surface area contributed by atoms with Crippen molar-refractivity contribution in [3.8, 4) is 5.75 Å². The molecule has 2 aromatic carbocycles. The Kier molecular flexibility index (Phi) is 15.0. The van der Waals surface area contributed by atoms with E-state index in [1.807, 2.05) is 0 Å². The summed E-state index contributed by atoms with van der Waals surface area (Å²) in [4.78, 5) is 52.7. The number of piperidine rings is 1. The van der Waals surface area contributed by atoms with Crippen molar-refractivity contribution in [3.63, 3.8) is 0 Å². The molecular formula is C38H50F5N5O7. The van der Waals surface area contributed by atoms with Gasteiger partial charge in [-0.1, -0.05) is 33.4 Å². The standard InChI is InChI=1S/C37H46F5N5O7.CH4/c1-21(2)31(45-35(51)54-36(3,4)5)33(49)44-19-29(48)43-18-22-7-8-26(38)24(17-22)23-11-13-46(14-12-23)34(50)25-20-47(15-16-52-6)32-27(39)9-10-28(30(25)32)53-37(40,41)42;/h7-10,17,20-21,23,31H,11-16,18-19H2,1-6H3,(H,43,48)(H,44,49)(H,45,51);1H4/t31-;/m0./s1. The maximum atomic E-state index is 15.1. The molecular weight excluding hydrogens is 733 g/mol. The second-order valence-corrected chi connectivity index (χ2v) is 14.3. The highest BCUT2D eigenvalue weighted by atomic mass is 19.4. The number of methoxy groups -OCH3 is 1. The smallest absolute Gasteiger partial charge is 0.444 e. The Hall–Kier alpha value is -4.93. The van der Waals surface area contributed by atoms with Crippen LogP contribution in [0.1, 0.15) is 82.3 Å². The minimum atomic E-state index is -5.09. The molecule has 3 N–H and O–H groups in total. The number of halogens is 5. The Labute approximate surface area is 317 Å². The fraction of sp³-hybridized carbons (Fsp3) is 0.526. The number of alkyl halides is 3.